The predicted octanol–water partition coefficient (Wildman–Crippen LogP) is 1.85. The molecular formula is C30H33F3N8O7S. The van der Waals surface area contributed by atoms with Crippen molar-refractivity contribution in [3.05, 3.63) is 60.4 Å². The minimum atomic E-state index is -1.62. The number of aromatic nitrogens is 8. The van der Waals surface area contributed by atoms with E-state index in [4.69, 9.17) is 18.9 Å². The molecule has 4 aromatic rings. The largest absolute Gasteiger partial charge is 0.465 e. The van der Waals surface area contributed by atoms with Crippen LogP contribution in [0.3, 0.4) is 0 Å². The number of aliphatic hydroxyl groups is 1. The first-order valence-electron chi connectivity index (χ1n) is 15.2. The average molecular weight is 707 g/mol. The van der Waals surface area contributed by atoms with E-state index in [-0.39, 0.29) is 31.1 Å². The Balaban J connectivity index is 1.34. The smallest absolute Gasteiger partial charge is 0.303 e. The molecule has 8 atom stereocenters. The van der Waals surface area contributed by atoms with Crippen molar-refractivity contribution in [3.63, 3.8) is 0 Å². The van der Waals surface area contributed by atoms with Gasteiger partial charge in [-0.25, -0.2) is 43.4 Å². The summed E-state index contributed by atoms with van der Waals surface area (Å²) in [5.74, 6) is -4.96. The Bertz CT molecular complexity index is 1780. The van der Waals surface area contributed by atoms with Crippen LogP contribution < -0.4 is 0 Å². The molecule has 5 heterocycles. The van der Waals surface area contributed by atoms with Crippen LogP contribution in [0.5, 0.6) is 0 Å². The highest BCUT2D eigenvalue weighted by atomic mass is 32.2. The number of halogens is 3. The number of methoxy groups -OCH3 is 1. The van der Waals surface area contributed by atoms with Gasteiger partial charge in [0.2, 0.25) is 0 Å². The van der Waals surface area contributed by atoms with Gasteiger partial charge in [-0.15, -0.1) is 10.2 Å². The van der Waals surface area contributed by atoms with Crippen LogP contribution >= 0.6 is 10.9 Å². The Morgan fingerprint density at radius 1 is 1.00 bits per heavy atom. The number of carbonyl (C=O) groups is 2. The minimum Gasteiger partial charge on any atom is -0.465 e. The van der Waals surface area contributed by atoms with E-state index in [9.17, 15) is 27.9 Å². The van der Waals surface area contributed by atoms with E-state index in [1.165, 1.54) is 36.5 Å². The molecule has 2 aliphatic rings. The van der Waals surface area contributed by atoms with Gasteiger partial charge in [0.15, 0.2) is 23.3 Å². The van der Waals surface area contributed by atoms with Crippen molar-refractivity contribution in [1.82, 2.24) is 40.0 Å². The number of hydrogen-bond donors (Lipinski definition) is 2. The van der Waals surface area contributed by atoms with E-state index in [0.29, 0.717) is 17.3 Å². The number of thiol groups is 1. The van der Waals surface area contributed by atoms with Gasteiger partial charge in [-0.05, 0) is 18.2 Å². The number of hydrogen-bond acceptors (Lipinski definition) is 13. The molecule has 262 valence electrons. The second-order valence-corrected chi connectivity index (χ2v) is 14.3. The number of nitrogens with zero attached hydrogens (tertiary/aromatic N) is 8. The van der Waals surface area contributed by atoms with E-state index < -0.39 is 81.2 Å². The summed E-state index contributed by atoms with van der Waals surface area (Å²) in [5.41, 5.74) is 0.353. The van der Waals surface area contributed by atoms with E-state index in [1.54, 1.807) is 24.7 Å². The zero-order valence-electron chi connectivity index (χ0n) is 26.5. The monoisotopic (exact) mass is 706 g/mol. The van der Waals surface area contributed by atoms with Crippen molar-refractivity contribution in [1.29, 1.82) is 0 Å². The fourth-order valence-corrected chi connectivity index (χ4v) is 9.83. The summed E-state index contributed by atoms with van der Waals surface area (Å²) in [6, 6.07) is 1.75. The molecule has 0 radical (unpaired) electrons. The fourth-order valence-electron chi connectivity index (χ4n) is 6.25. The van der Waals surface area contributed by atoms with Crippen LogP contribution in [0.1, 0.15) is 25.9 Å². The summed E-state index contributed by atoms with van der Waals surface area (Å²) in [6.45, 7) is 2.58. The number of ether oxygens (including phenoxy) is 4. The number of benzene rings is 1. The maximum Gasteiger partial charge on any atom is 0.303 e. The van der Waals surface area contributed by atoms with Crippen molar-refractivity contribution in [3.8, 4) is 22.8 Å². The van der Waals surface area contributed by atoms with Gasteiger partial charge in [0.1, 0.15) is 36.2 Å². The molecular weight excluding hydrogens is 673 g/mol. The highest BCUT2D eigenvalue weighted by Gasteiger charge is 2.52. The van der Waals surface area contributed by atoms with Gasteiger partial charge < -0.3 is 24.1 Å². The first kappa shape index (κ1) is 34.4. The summed E-state index contributed by atoms with van der Waals surface area (Å²) >= 11 is 0. The lowest BCUT2D eigenvalue weighted by atomic mass is 10.0. The lowest BCUT2D eigenvalue weighted by Gasteiger charge is -2.52. The highest BCUT2D eigenvalue weighted by molar-refractivity contribution is 8.18. The Labute approximate surface area is 280 Å². The lowest BCUT2D eigenvalue weighted by molar-refractivity contribution is -0.154. The van der Waals surface area contributed by atoms with Crippen LogP contribution in [0.4, 0.5) is 13.2 Å². The SMILES string of the molecule is CO[C@H]1C[SH]([C@@H]2COC[C@H](n3cc(-c4ncccn4)nn3)[C@H]2O)[C@H](COC(C)=O)[C@H](OC(C)=O)[C@H]1n1cc(-c2cc(F)c(F)c(F)c2)nn1. The molecule has 6 rings (SSSR count). The molecule has 1 aromatic carbocycles. The molecule has 1 N–H and O–H groups in total. The maximum atomic E-state index is 14.0. The van der Waals surface area contributed by atoms with E-state index in [1.807, 2.05) is 0 Å². The van der Waals surface area contributed by atoms with Crippen molar-refractivity contribution < 1.29 is 46.8 Å². The molecule has 15 nitrogen and oxygen atoms in total. The molecule has 2 fully saturated rings. The summed E-state index contributed by atoms with van der Waals surface area (Å²) < 4.78 is 67.9. The van der Waals surface area contributed by atoms with Gasteiger partial charge in [-0.1, -0.05) is 10.4 Å². The van der Waals surface area contributed by atoms with E-state index >= 15 is 0 Å². The predicted molar refractivity (Wildman–Crippen MR) is 166 cm³/mol. The normalized spacial score (nSPS) is 27.8. The summed E-state index contributed by atoms with van der Waals surface area (Å²) in [7, 11) is 0.0607. The van der Waals surface area contributed by atoms with Crippen molar-refractivity contribution in [2.45, 2.75) is 54.7 Å². The number of esters is 2. The molecule has 0 saturated carbocycles. The molecule has 2 saturated heterocycles. The van der Waals surface area contributed by atoms with Gasteiger partial charge in [-0.2, -0.15) is 0 Å². The maximum absolute atomic E-state index is 14.0. The topological polar surface area (TPSA) is 178 Å². The zero-order chi connectivity index (χ0) is 34.8. The van der Waals surface area contributed by atoms with Crippen molar-refractivity contribution in [2.75, 3.05) is 32.7 Å². The van der Waals surface area contributed by atoms with Crippen LogP contribution in [0.15, 0.2) is 43.0 Å². The molecule has 19 heteroatoms. The molecule has 0 aliphatic carbocycles. The van der Waals surface area contributed by atoms with Crippen LogP contribution in [-0.2, 0) is 28.5 Å². The first-order chi connectivity index (χ1) is 23.5. The first-order valence-corrected chi connectivity index (χ1v) is 16.8. The number of carbonyl (C=O) groups excluding carboxylic acids is 2. The van der Waals surface area contributed by atoms with Gasteiger partial charge in [0.25, 0.3) is 0 Å². The third-order valence-corrected chi connectivity index (χ3v) is 11.9. The summed E-state index contributed by atoms with van der Waals surface area (Å²) in [6.07, 6.45) is 3.41. The average Bonchev–Trinajstić information content (AvgIpc) is 3.77. The van der Waals surface area contributed by atoms with Gasteiger partial charge >= 0.3 is 11.9 Å². The second-order valence-electron chi connectivity index (χ2n) is 11.6. The quantitative estimate of drug-likeness (QED) is 0.147. The molecule has 1 unspecified atom stereocenters. The number of aliphatic hydroxyl groups excluding tert-OH is 1. The zero-order valence-corrected chi connectivity index (χ0v) is 27.4. The standard InChI is InChI=1S/C30H33F3N8O7S/c1-15(42)47-13-25-29(48-16(2)43)27(41-9-20(36-39-41)17-7-18(31)26(33)19(32)8-17)23(45-3)14-49(25)24-12-46-11-22(28(24)44)40-10-21(37-38-40)30-34-5-4-6-35-30/h4-10,22-25,27-29,44,49H,11-14H2,1-3H3/t22-,23-,24+,25+,27-,28+,29-/m0/s1. The highest BCUT2D eigenvalue weighted by Crippen LogP contribution is 2.52. The van der Waals surface area contributed by atoms with Crippen molar-refractivity contribution >= 4 is 22.8 Å². The summed E-state index contributed by atoms with van der Waals surface area (Å²) in [5, 5.41) is 27.3. The molecule has 0 bridgehead atoms. The van der Waals surface area contributed by atoms with Crippen LogP contribution in [0.2, 0.25) is 0 Å². The third kappa shape index (κ3) is 7.15. The fraction of sp³-hybridized carbons (Fsp3) is 0.467. The summed E-state index contributed by atoms with van der Waals surface area (Å²) in [4.78, 5) is 33.0. The van der Waals surface area contributed by atoms with Gasteiger partial charge in [-0.3, -0.25) is 9.59 Å². The number of rotatable bonds is 9. The van der Waals surface area contributed by atoms with Crippen LogP contribution in [0.25, 0.3) is 22.8 Å². The molecule has 49 heavy (non-hydrogen) atoms. The molecule has 3 aromatic heterocycles. The van der Waals surface area contributed by atoms with Crippen molar-refractivity contribution in [2.24, 2.45) is 0 Å². The van der Waals surface area contributed by atoms with E-state index in [2.05, 4.69) is 30.6 Å². The van der Waals surface area contributed by atoms with Crippen LogP contribution in [-0.4, -0.2) is 118 Å². The Morgan fingerprint density at radius 2 is 1.67 bits per heavy atom. The van der Waals surface area contributed by atoms with E-state index in [0.717, 1.165) is 12.1 Å². The third-order valence-electron chi connectivity index (χ3n) is 8.51. The minimum absolute atomic E-state index is 0.0191. The van der Waals surface area contributed by atoms with Gasteiger partial charge in [0, 0.05) is 49.9 Å². The molecule has 2 aliphatic heterocycles. The Hall–Kier alpha value is -4.46. The Kier molecular flexibility index (Phi) is 10.2. The molecule has 0 amide bonds. The molecule has 0 spiro atoms. The Morgan fingerprint density at radius 3 is 2.35 bits per heavy atom. The second kappa shape index (κ2) is 14.6. The van der Waals surface area contributed by atoms with Gasteiger partial charge in [0.05, 0.1) is 43.1 Å². The lowest BCUT2D eigenvalue weighted by Crippen LogP contribution is -2.57. The van der Waals surface area contributed by atoms with Crippen LogP contribution in [0, 0.1) is 17.5 Å².